The van der Waals surface area contributed by atoms with E-state index in [9.17, 15) is 9.59 Å². The van der Waals surface area contributed by atoms with Gasteiger partial charge in [-0.3, -0.25) is 20.4 Å². The number of amides is 2. The van der Waals surface area contributed by atoms with Crippen molar-refractivity contribution in [2.45, 2.75) is 32.6 Å². The minimum atomic E-state index is -0.453. The molecule has 0 fully saturated rings. The van der Waals surface area contributed by atoms with Gasteiger partial charge in [0, 0.05) is 12.0 Å². The van der Waals surface area contributed by atoms with Crippen LogP contribution in [0, 0.1) is 0 Å². The maximum Gasteiger partial charge on any atom is 0.269 e. The van der Waals surface area contributed by atoms with Crippen LogP contribution >= 0.6 is 0 Å². The standard InChI is InChI=1S/C23H30N2O6/c1-5-6-13-31-20-10-7-17(15-21(20)30-4)23(27)25-24-22(26)12-8-16-14-18(28-2)9-11-19(16)29-3/h7,9-11,14-15H,5-6,8,12-13H2,1-4H3,(H,24,26)(H,25,27). The van der Waals surface area contributed by atoms with Gasteiger partial charge in [-0.2, -0.15) is 0 Å². The van der Waals surface area contributed by atoms with Crippen LogP contribution in [0.2, 0.25) is 0 Å². The van der Waals surface area contributed by atoms with Crippen molar-refractivity contribution < 1.29 is 28.5 Å². The van der Waals surface area contributed by atoms with Crippen LogP contribution < -0.4 is 29.8 Å². The van der Waals surface area contributed by atoms with Crippen molar-refractivity contribution in [3.8, 4) is 23.0 Å². The van der Waals surface area contributed by atoms with E-state index in [2.05, 4.69) is 17.8 Å². The Morgan fingerprint density at radius 1 is 0.871 bits per heavy atom. The second-order valence-electron chi connectivity index (χ2n) is 6.75. The van der Waals surface area contributed by atoms with E-state index in [-0.39, 0.29) is 12.3 Å². The third kappa shape index (κ3) is 7.09. The molecule has 0 bridgehead atoms. The van der Waals surface area contributed by atoms with Crippen LogP contribution in [0.1, 0.15) is 42.1 Å². The topological polar surface area (TPSA) is 95.1 Å². The Morgan fingerprint density at radius 2 is 1.61 bits per heavy atom. The zero-order valence-corrected chi connectivity index (χ0v) is 18.4. The van der Waals surface area contributed by atoms with Gasteiger partial charge < -0.3 is 18.9 Å². The van der Waals surface area contributed by atoms with Gasteiger partial charge in [-0.25, -0.2) is 0 Å². The largest absolute Gasteiger partial charge is 0.497 e. The monoisotopic (exact) mass is 430 g/mol. The first-order valence-corrected chi connectivity index (χ1v) is 10.1. The molecule has 2 rings (SSSR count). The first kappa shape index (κ1) is 23.9. The third-order valence-electron chi connectivity index (χ3n) is 4.61. The minimum Gasteiger partial charge on any atom is -0.497 e. The molecule has 0 heterocycles. The molecule has 0 aliphatic heterocycles. The van der Waals surface area contributed by atoms with Gasteiger partial charge >= 0.3 is 0 Å². The van der Waals surface area contributed by atoms with Crippen LogP contribution in [-0.4, -0.2) is 39.8 Å². The van der Waals surface area contributed by atoms with Gasteiger partial charge in [0.2, 0.25) is 5.91 Å². The van der Waals surface area contributed by atoms with Crippen LogP contribution in [0.4, 0.5) is 0 Å². The predicted octanol–water partition coefficient (Wildman–Crippen LogP) is 3.29. The SMILES string of the molecule is CCCCOc1ccc(C(=O)NNC(=O)CCc2cc(OC)ccc2OC)cc1OC. The average molecular weight is 431 g/mol. The van der Waals surface area contributed by atoms with Gasteiger partial charge in [-0.1, -0.05) is 13.3 Å². The van der Waals surface area contributed by atoms with Crippen molar-refractivity contribution in [3.05, 3.63) is 47.5 Å². The quantitative estimate of drug-likeness (QED) is 0.420. The highest BCUT2D eigenvalue weighted by atomic mass is 16.5. The van der Waals surface area contributed by atoms with Crippen molar-refractivity contribution in [1.82, 2.24) is 10.9 Å². The summed E-state index contributed by atoms with van der Waals surface area (Å²) in [5.74, 6) is 1.60. The summed E-state index contributed by atoms with van der Waals surface area (Å²) in [6.45, 7) is 2.65. The number of unbranched alkanes of at least 4 members (excludes halogenated alkanes) is 1. The Bertz CT molecular complexity index is 884. The molecule has 0 saturated carbocycles. The molecule has 0 radical (unpaired) electrons. The van der Waals surface area contributed by atoms with E-state index < -0.39 is 5.91 Å². The van der Waals surface area contributed by atoms with E-state index in [0.717, 1.165) is 18.4 Å². The number of hydrazine groups is 1. The molecule has 8 heteroatoms. The van der Waals surface area contributed by atoms with E-state index in [0.29, 0.717) is 41.6 Å². The summed E-state index contributed by atoms with van der Waals surface area (Å²) in [5.41, 5.74) is 6.03. The number of ether oxygens (including phenoxy) is 4. The Kier molecular flexibility index (Phi) is 9.48. The number of rotatable bonds is 11. The lowest BCUT2D eigenvalue weighted by Crippen LogP contribution is -2.41. The van der Waals surface area contributed by atoms with Crippen molar-refractivity contribution >= 4 is 11.8 Å². The van der Waals surface area contributed by atoms with E-state index in [1.807, 2.05) is 6.07 Å². The van der Waals surface area contributed by atoms with Gasteiger partial charge in [0.05, 0.1) is 27.9 Å². The number of carbonyl (C=O) groups excluding carboxylic acids is 2. The smallest absolute Gasteiger partial charge is 0.269 e. The van der Waals surface area contributed by atoms with E-state index >= 15 is 0 Å². The molecule has 0 aliphatic rings. The van der Waals surface area contributed by atoms with Crippen LogP contribution in [0.5, 0.6) is 23.0 Å². The maximum absolute atomic E-state index is 12.4. The fraction of sp³-hybridized carbons (Fsp3) is 0.391. The lowest BCUT2D eigenvalue weighted by atomic mass is 10.1. The zero-order chi connectivity index (χ0) is 22.6. The number of aryl methyl sites for hydroxylation is 1. The number of hydrogen-bond acceptors (Lipinski definition) is 6. The predicted molar refractivity (Wildman–Crippen MR) is 117 cm³/mol. The lowest BCUT2D eigenvalue weighted by molar-refractivity contribution is -0.121. The third-order valence-corrected chi connectivity index (χ3v) is 4.61. The molecule has 0 spiro atoms. The highest BCUT2D eigenvalue weighted by Crippen LogP contribution is 2.28. The minimum absolute atomic E-state index is 0.164. The molecule has 0 atom stereocenters. The molecule has 31 heavy (non-hydrogen) atoms. The lowest BCUT2D eigenvalue weighted by Gasteiger charge is -2.13. The Morgan fingerprint density at radius 3 is 2.29 bits per heavy atom. The highest BCUT2D eigenvalue weighted by Gasteiger charge is 2.13. The second kappa shape index (κ2) is 12.3. The molecule has 0 aromatic heterocycles. The fourth-order valence-corrected chi connectivity index (χ4v) is 2.84. The summed E-state index contributed by atoms with van der Waals surface area (Å²) in [4.78, 5) is 24.6. The molecular weight excluding hydrogens is 400 g/mol. The molecule has 2 amide bonds. The molecular formula is C23H30N2O6. The normalized spacial score (nSPS) is 10.2. The van der Waals surface area contributed by atoms with Crippen LogP contribution in [0.15, 0.2) is 36.4 Å². The van der Waals surface area contributed by atoms with Gasteiger partial charge in [0.1, 0.15) is 11.5 Å². The molecule has 2 aromatic rings. The summed E-state index contributed by atoms with van der Waals surface area (Å²) in [6.07, 6.45) is 2.54. The number of nitrogens with one attached hydrogen (secondary N) is 2. The van der Waals surface area contributed by atoms with Crippen LogP contribution in [0.25, 0.3) is 0 Å². The van der Waals surface area contributed by atoms with E-state index in [1.54, 1.807) is 44.6 Å². The van der Waals surface area contributed by atoms with Gasteiger partial charge in [-0.15, -0.1) is 0 Å². The summed E-state index contributed by atoms with van der Waals surface area (Å²) in [7, 11) is 4.66. The molecule has 8 nitrogen and oxygen atoms in total. The second-order valence-corrected chi connectivity index (χ2v) is 6.75. The van der Waals surface area contributed by atoms with Crippen molar-refractivity contribution in [3.63, 3.8) is 0 Å². The summed E-state index contributed by atoms with van der Waals surface area (Å²) in [6, 6.07) is 10.3. The summed E-state index contributed by atoms with van der Waals surface area (Å²) >= 11 is 0. The molecule has 2 N–H and O–H groups in total. The van der Waals surface area contributed by atoms with Crippen molar-refractivity contribution in [1.29, 1.82) is 0 Å². The first-order chi connectivity index (χ1) is 15.0. The molecule has 168 valence electrons. The highest BCUT2D eigenvalue weighted by molar-refractivity contribution is 5.96. The van der Waals surface area contributed by atoms with E-state index in [4.69, 9.17) is 18.9 Å². The molecule has 0 unspecified atom stereocenters. The van der Waals surface area contributed by atoms with Crippen LogP contribution in [0.3, 0.4) is 0 Å². The van der Waals surface area contributed by atoms with E-state index in [1.165, 1.54) is 7.11 Å². The summed E-state index contributed by atoms with van der Waals surface area (Å²) in [5, 5.41) is 0. The molecule has 0 aliphatic carbocycles. The Balaban J connectivity index is 1.90. The molecule has 0 saturated heterocycles. The maximum atomic E-state index is 12.4. The van der Waals surface area contributed by atoms with Crippen LogP contribution in [-0.2, 0) is 11.2 Å². The fourth-order valence-electron chi connectivity index (χ4n) is 2.84. The average Bonchev–Trinajstić information content (AvgIpc) is 2.81. The number of carbonyl (C=O) groups is 2. The van der Waals surface area contributed by atoms with Gasteiger partial charge in [0.25, 0.3) is 5.91 Å². The number of benzene rings is 2. The first-order valence-electron chi connectivity index (χ1n) is 10.1. The summed E-state index contributed by atoms with van der Waals surface area (Å²) < 4.78 is 21.5. The Labute approximate surface area is 182 Å². The van der Waals surface area contributed by atoms with Gasteiger partial charge in [-0.05, 0) is 54.8 Å². The van der Waals surface area contributed by atoms with Gasteiger partial charge in [0.15, 0.2) is 11.5 Å². The zero-order valence-electron chi connectivity index (χ0n) is 18.4. The van der Waals surface area contributed by atoms with Crippen molar-refractivity contribution in [2.75, 3.05) is 27.9 Å². The number of hydrogen-bond donors (Lipinski definition) is 2. The number of methoxy groups -OCH3 is 3. The van der Waals surface area contributed by atoms with Crippen molar-refractivity contribution in [2.24, 2.45) is 0 Å². The molecule has 2 aromatic carbocycles. The Hall–Kier alpha value is -3.42.